The summed E-state index contributed by atoms with van der Waals surface area (Å²) < 4.78 is 0. The van der Waals surface area contributed by atoms with Gasteiger partial charge in [0.1, 0.15) is 0 Å². The van der Waals surface area contributed by atoms with Gasteiger partial charge >= 0.3 is 0 Å². The largest absolute Gasteiger partial charge is 0.368 e. The lowest BCUT2D eigenvalue weighted by Gasteiger charge is -2.36. The van der Waals surface area contributed by atoms with Crippen LogP contribution in [-0.4, -0.2) is 73.5 Å². The van der Waals surface area contributed by atoms with Crippen molar-refractivity contribution in [3.63, 3.8) is 0 Å². The van der Waals surface area contributed by atoms with Crippen molar-refractivity contribution in [2.75, 3.05) is 50.7 Å². The van der Waals surface area contributed by atoms with Crippen LogP contribution in [0, 0.1) is 6.92 Å². The molecule has 186 valence electrons. The highest BCUT2D eigenvalue weighted by Crippen LogP contribution is 2.28. The maximum absolute atomic E-state index is 12.7. The molecule has 0 atom stereocenters. The van der Waals surface area contributed by atoms with Crippen LogP contribution in [-0.2, 0) is 17.6 Å². The lowest BCUT2D eigenvalue weighted by atomic mass is 10.0. The molecule has 2 amide bonds. The molecule has 2 aromatic carbocycles. The topological polar surface area (TPSA) is 55.9 Å². The third-order valence-corrected chi connectivity index (χ3v) is 8.16. The summed E-state index contributed by atoms with van der Waals surface area (Å²) in [4.78, 5) is 32.2. The van der Waals surface area contributed by atoms with Gasteiger partial charge in [-0.1, -0.05) is 37.1 Å². The van der Waals surface area contributed by atoms with Gasteiger partial charge in [-0.05, 0) is 67.5 Å². The van der Waals surface area contributed by atoms with E-state index in [1.807, 2.05) is 30.0 Å². The molecular weight excluding hydrogens is 436 g/mol. The highest BCUT2D eigenvalue weighted by molar-refractivity contribution is 5.97. The first-order chi connectivity index (χ1) is 17.1. The smallest absolute Gasteiger partial charge is 0.251 e. The average Bonchev–Trinajstić information content (AvgIpc) is 3.34. The fourth-order valence-electron chi connectivity index (χ4n) is 5.96. The van der Waals surface area contributed by atoms with Crippen LogP contribution in [0.2, 0.25) is 0 Å². The quantitative estimate of drug-likeness (QED) is 0.722. The molecule has 1 saturated carbocycles. The van der Waals surface area contributed by atoms with Crippen LogP contribution < -0.4 is 10.2 Å². The lowest BCUT2D eigenvalue weighted by molar-refractivity contribution is -0.130. The zero-order chi connectivity index (χ0) is 24.2. The van der Waals surface area contributed by atoms with Crippen molar-refractivity contribution in [3.8, 4) is 0 Å². The van der Waals surface area contributed by atoms with Crippen molar-refractivity contribution in [1.82, 2.24) is 15.1 Å². The third-order valence-electron chi connectivity index (χ3n) is 8.16. The van der Waals surface area contributed by atoms with E-state index in [0.29, 0.717) is 18.7 Å². The molecule has 3 aliphatic rings. The zero-order valence-electron chi connectivity index (χ0n) is 21.0. The number of anilines is 1. The average molecular weight is 475 g/mol. The molecule has 2 heterocycles. The van der Waals surface area contributed by atoms with Crippen molar-refractivity contribution in [2.24, 2.45) is 0 Å². The fraction of sp³-hybridized carbons (Fsp3) is 0.517. The molecule has 2 aliphatic heterocycles. The number of hydrogen-bond donors (Lipinski definition) is 1. The van der Waals surface area contributed by atoms with E-state index in [2.05, 4.69) is 33.3 Å². The Bertz CT molecular complexity index is 1050. The van der Waals surface area contributed by atoms with Crippen LogP contribution in [0.15, 0.2) is 42.5 Å². The maximum Gasteiger partial charge on any atom is 0.251 e. The van der Waals surface area contributed by atoms with Crippen molar-refractivity contribution in [1.29, 1.82) is 0 Å². The molecule has 5 rings (SSSR count). The molecule has 1 saturated heterocycles. The van der Waals surface area contributed by atoms with E-state index in [0.717, 1.165) is 37.5 Å². The maximum atomic E-state index is 12.7. The number of nitrogens with zero attached hydrogens (tertiary/aromatic N) is 3. The summed E-state index contributed by atoms with van der Waals surface area (Å²) in [6, 6.07) is 15.3. The van der Waals surface area contributed by atoms with E-state index in [4.69, 9.17) is 0 Å². The van der Waals surface area contributed by atoms with E-state index >= 15 is 0 Å². The summed E-state index contributed by atoms with van der Waals surface area (Å²) >= 11 is 0. The minimum Gasteiger partial charge on any atom is -0.368 e. The summed E-state index contributed by atoms with van der Waals surface area (Å²) in [7, 11) is 0. The van der Waals surface area contributed by atoms with E-state index in [-0.39, 0.29) is 18.4 Å². The summed E-state index contributed by atoms with van der Waals surface area (Å²) in [5, 5.41) is 2.80. The number of rotatable bonds is 5. The van der Waals surface area contributed by atoms with Crippen LogP contribution in [0.1, 0.15) is 52.7 Å². The Labute approximate surface area is 209 Å². The van der Waals surface area contributed by atoms with Crippen LogP contribution in [0.25, 0.3) is 0 Å². The molecule has 0 aromatic heterocycles. The number of carbonyl (C=O) groups excluding carboxylic acids is 2. The predicted molar refractivity (Wildman–Crippen MR) is 140 cm³/mol. The summed E-state index contributed by atoms with van der Waals surface area (Å²) in [5.41, 5.74) is 5.82. The second-order valence-corrected chi connectivity index (χ2v) is 10.3. The molecule has 35 heavy (non-hydrogen) atoms. The Morgan fingerprint density at radius 1 is 0.886 bits per heavy atom. The van der Waals surface area contributed by atoms with Gasteiger partial charge in [0.25, 0.3) is 5.91 Å². The Morgan fingerprint density at radius 2 is 1.60 bits per heavy atom. The SMILES string of the molecule is Cc1ccccc1C(=O)NCC(=O)N1CCN(c2ccc3c(c2)CCN(C2CCCC2)CC3)CC1. The molecule has 6 nitrogen and oxygen atoms in total. The minimum absolute atomic E-state index is 0.0134. The van der Waals surface area contributed by atoms with Crippen molar-refractivity contribution in [3.05, 3.63) is 64.7 Å². The Kier molecular flexibility index (Phi) is 7.37. The van der Waals surface area contributed by atoms with Gasteiger partial charge in [0.05, 0.1) is 6.54 Å². The number of amides is 2. The number of fused-ring (bicyclic) bond motifs is 1. The van der Waals surface area contributed by atoms with Gasteiger partial charge < -0.3 is 15.1 Å². The van der Waals surface area contributed by atoms with Crippen LogP contribution >= 0.6 is 0 Å². The normalized spacial score (nSPS) is 19.3. The predicted octanol–water partition coefficient (Wildman–Crippen LogP) is 3.42. The molecule has 1 N–H and O–H groups in total. The van der Waals surface area contributed by atoms with E-state index in [1.165, 1.54) is 55.6 Å². The van der Waals surface area contributed by atoms with Crippen LogP contribution in [0.4, 0.5) is 5.69 Å². The first-order valence-electron chi connectivity index (χ1n) is 13.3. The highest BCUT2D eigenvalue weighted by Gasteiger charge is 2.26. The van der Waals surface area contributed by atoms with Gasteiger partial charge in [0, 0.05) is 56.6 Å². The number of hydrogen-bond acceptors (Lipinski definition) is 4. The van der Waals surface area contributed by atoms with Crippen molar-refractivity contribution < 1.29 is 9.59 Å². The second kappa shape index (κ2) is 10.8. The van der Waals surface area contributed by atoms with Crippen LogP contribution in [0.5, 0.6) is 0 Å². The summed E-state index contributed by atoms with van der Waals surface area (Å²) in [6.45, 7) is 7.34. The van der Waals surface area contributed by atoms with Crippen molar-refractivity contribution >= 4 is 17.5 Å². The number of piperazine rings is 1. The Balaban J connectivity index is 1.12. The Hall–Kier alpha value is -2.86. The zero-order valence-corrected chi connectivity index (χ0v) is 21.0. The number of aryl methyl sites for hydroxylation is 1. The molecule has 0 radical (unpaired) electrons. The second-order valence-electron chi connectivity index (χ2n) is 10.3. The van der Waals surface area contributed by atoms with Gasteiger partial charge in [-0.3, -0.25) is 14.5 Å². The molecule has 6 heteroatoms. The molecule has 0 bridgehead atoms. The van der Waals surface area contributed by atoms with Gasteiger partial charge in [0.2, 0.25) is 5.91 Å². The molecule has 1 aliphatic carbocycles. The minimum atomic E-state index is -0.188. The fourth-order valence-corrected chi connectivity index (χ4v) is 5.96. The van der Waals surface area contributed by atoms with Crippen molar-refractivity contribution in [2.45, 2.75) is 51.5 Å². The van der Waals surface area contributed by atoms with E-state index in [9.17, 15) is 9.59 Å². The number of nitrogens with one attached hydrogen (secondary N) is 1. The molecule has 2 fully saturated rings. The third kappa shape index (κ3) is 5.53. The standard InChI is InChI=1S/C29H38N4O2/c1-22-6-2-5-9-27(22)29(35)30-21-28(34)33-18-16-32(17-19-33)26-11-10-23-12-14-31(15-13-24(23)20-26)25-7-3-4-8-25/h2,5-6,9-11,20,25H,3-4,7-8,12-19,21H2,1H3,(H,30,35). The number of carbonyl (C=O) groups is 2. The summed E-state index contributed by atoms with van der Waals surface area (Å²) in [5.74, 6) is -0.202. The van der Waals surface area contributed by atoms with Gasteiger partial charge in [-0.2, -0.15) is 0 Å². The highest BCUT2D eigenvalue weighted by atomic mass is 16.2. The lowest BCUT2D eigenvalue weighted by Crippen LogP contribution is -2.51. The number of benzene rings is 2. The van der Waals surface area contributed by atoms with Gasteiger partial charge in [0.15, 0.2) is 0 Å². The molecule has 2 aromatic rings. The van der Waals surface area contributed by atoms with E-state index < -0.39 is 0 Å². The first kappa shape index (κ1) is 23.9. The summed E-state index contributed by atoms with van der Waals surface area (Å²) in [6.07, 6.45) is 7.83. The molecule has 0 unspecified atom stereocenters. The van der Waals surface area contributed by atoms with Gasteiger partial charge in [-0.15, -0.1) is 0 Å². The monoisotopic (exact) mass is 474 g/mol. The Morgan fingerprint density at radius 3 is 2.34 bits per heavy atom. The molecular formula is C29H38N4O2. The van der Waals surface area contributed by atoms with Crippen LogP contribution in [0.3, 0.4) is 0 Å². The first-order valence-corrected chi connectivity index (χ1v) is 13.3. The van der Waals surface area contributed by atoms with Gasteiger partial charge in [-0.25, -0.2) is 0 Å². The van der Waals surface area contributed by atoms with E-state index in [1.54, 1.807) is 6.07 Å². The molecule has 0 spiro atoms.